The van der Waals surface area contributed by atoms with Crippen molar-refractivity contribution in [1.29, 1.82) is 0 Å². The van der Waals surface area contributed by atoms with Crippen LogP contribution in [0.2, 0.25) is 0 Å². The minimum atomic E-state index is -0.467. The Kier molecular flexibility index (Phi) is 5.92. The second-order valence-corrected chi connectivity index (χ2v) is 6.71. The Balaban J connectivity index is 1.98. The molecule has 0 spiro atoms. The predicted octanol–water partition coefficient (Wildman–Crippen LogP) is 3.87. The van der Waals surface area contributed by atoms with Gasteiger partial charge in [-0.2, -0.15) is 0 Å². The van der Waals surface area contributed by atoms with Gasteiger partial charge in [0.05, 0.1) is 10.2 Å². The van der Waals surface area contributed by atoms with Crippen molar-refractivity contribution < 1.29 is 14.1 Å². The number of non-ortho nitro benzene ring substituents is 1. The van der Waals surface area contributed by atoms with Crippen molar-refractivity contribution in [3.8, 4) is 0 Å². The molecule has 1 amide bonds. The molecular formula is C17H17FN2O3S. The maximum atomic E-state index is 13.7. The van der Waals surface area contributed by atoms with E-state index >= 15 is 0 Å². The van der Waals surface area contributed by atoms with Crippen LogP contribution in [-0.2, 0) is 11.3 Å². The lowest BCUT2D eigenvalue weighted by Crippen LogP contribution is -2.33. The molecule has 0 N–H and O–H groups in total. The first-order chi connectivity index (χ1) is 11.4. The standard InChI is InChI=1S/C17H17FN2O3S/c1-12(24-15-9-7-14(8-10-15)20(22)23)17(21)19(2)11-13-5-3-4-6-16(13)18/h3-10,12H,11H2,1-2H3. The Labute approximate surface area is 143 Å². The molecule has 0 saturated carbocycles. The molecule has 0 aromatic heterocycles. The first-order valence-corrected chi connectivity index (χ1v) is 8.16. The monoisotopic (exact) mass is 348 g/mol. The average molecular weight is 348 g/mol. The lowest BCUT2D eigenvalue weighted by Gasteiger charge is -2.21. The third-order valence-corrected chi connectivity index (χ3v) is 4.55. The summed E-state index contributed by atoms with van der Waals surface area (Å²) in [5, 5.41) is 10.3. The van der Waals surface area contributed by atoms with E-state index in [1.807, 2.05) is 0 Å². The number of nitro benzene ring substituents is 1. The third-order valence-electron chi connectivity index (χ3n) is 3.45. The van der Waals surface area contributed by atoms with Gasteiger partial charge in [-0.05, 0) is 25.1 Å². The van der Waals surface area contributed by atoms with Crippen LogP contribution in [0.3, 0.4) is 0 Å². The fourth-order valence-corrected chi connectivity index (χ4v) is 3.15. The molecule has 2 aromatic carbocycles. The van der Waals surface area contributed by atoms with E-state index in [0.717, 1.165) is 4.90 Å². The van der Waals surface area contributed by atoms with E-state index in [0.29, 0.717) is 5.56 Å². The summed E-state index contributed by atoms with van der Waals surface area (Å²) in [6.07, 6.45) is 0. The van der Waals surface area contributed by atoms with Gasteiger partial charge < -0.3 is 4.90 Å². The Morgan fingerprint density at radius 2 is 1.88 bits per heavy atom. The molecule has 1 atom stereocenters. The van der Waals surface area contributed by atoms with Crippen LogP contribution in [-0.4, -0.2) is 28.0 Å². The molecule has 0 radical (unpaired) electrons. The number of benzene rings is 2. The smallest absolute Gasteiger partial charge is 0.269 e. The molecule has 7 heteroatoms. The normalized spacial score (nSPS) is 11.8. The Bertz CT molecular complexity index is 737. The van der Waals surface area contributed by atoms with Crippen LogP contribution in [0.25, 0.3) is 0 Å². The second-order valence-electron chi connectivity index (χ2n) is 5.30. The molecule has 2 aromatic rings. The number of carbonyl (C=O) groups excluding carboxylic acids is 1. The van der Waals surface area contributed by atoms with Crippen LogP contribution < -0.4 is 0 Å². The number of nitro groups is 1. The zero-order valence-electron chi connectivity index (χ0n) is 13.3. The summed E-state index contributed by atoms with van der Waals surface area (Å²) in [4.78, 5) is 24.8. The van der Waals surface area contributed by atoms with Gasteiger partial charge in [0, 0.05) is 36.2 Å². The number of hydrogen-bond donors (Lipinski definition) is 0. The van der Waals surface area contributed by atoms with Crippen LogP contribution in [0.15, 0.2) is 53.4 Å². The van der Waals surface area contributed by atoms with E-state index in [9.17, 15) is 19.3 Å². The van der Waals surface area contributed by atoms with E-state index < -0.39 is 4.92 Å². The molecule has 0 fully saturated rings. The maximum absolute atomic E-state index is 13.7. The van der Waals surface area contributed by atoms with Gasteiger partial charge in [-0.25, -0.2) is 4.39 Å². The summed E-state index contributed by atoms with van der Waals surface area (Å²) in [6.45, 7) is 1.95. The Morgan fingerprint density at radius 3 is 2.46 bits per heavy atom. The fraction of sp³-hybridized carbons (Fsp3) is 0.235. The van der Waals surface area contributed by atoms with E-state index in [-0.39, 0.29) is 29.2 Å². The maximum Gasteiger partial charge on any atom is 0.269 e. The van der Waals surface area contributed by atoms with Crippen LogP contribution in [0.4, 0.5) is 10.1 Å². The molecule has 0 aliphatic rings. The molecule has 0 heterocycles. The quantitative estimate of drug-likeness (QED) is 0.452. The molecule has 0 aliphatic heterocycles. The van der Waals surface area contributed by atoms with Crippen molar-refractivity contribution in [2.45, 2.75) is 23.6 Å². The van der Waals surface area contributed by atoms with Gasteiger partial charge in [-0.3, -0.25) is 14.9 Å². The highest BCUT2D eigenvalue weighted by molar-refractivity contribution is 8.00. The van der Waals surface area contributed by atoms with Gasteiger partial charge in [0.1, 0.15) is 5.82 Å². The lowest BCUT2D eigenvalue weighted by atomic mass is 10.2. The van der Waals surface area contributed by atoms with Gasteiger partial charge in [0.2, 0.25) is 5.91 Å². The third kappa shape index (κ3) is 4.55. The minimum Gasteiger partial charge on any atom is -0.340 e. The van der Waals surface area contributed by atoms with Crippen LogP contribution in [0, 0.1) is 15.9 Å². The number of hydrogen-bond acceptors (Lipinski definition) is 4. The Hall–Kier alpha value is -2.41. The minimum absolute atomic E-state index is 0.00926. The zero-order valence-corrected chi connectivity index (χ0v) is 14.1. The number of thioether (sulfide) groups is 1. The summed E-state index contributed by atoms with van der Waals surface area (Å²) in [7, 11) is 1.63. The van der Waals surface area contributed by atoms with Gasteiger partial charge >= 0.3 is 0 Å². The molecule has 0 bridgehead atoms. The van der Waals surface area contributed by atoms with E-state index in [4.69, 9.17) is 0 Å². The average Bonchev–Trinajstić information content (AvgIpc) is 2.56. The van der Waals surface area contributed by atoms with Gasteiger partial charge in [0.25, 0.3) is 5.69 Å². The fourth-order valence-electron chi connectivity index (χ4n) is 2.17. The first kappa shape index (κ1) is 17.9. The SMILES string of the molecule is CC(Sc1ccc([N+](=O)[O-])cc1)C(=O)N(C)Cc1ccccc1F. The van der Waals surface area contributed by atoms with Gasteiger partial charge in [-0.15, -0.1) is 11.8 Å². The zero-order chi connectivity index (χ0) is 17.7. The summed E-state index contributed by atoms with van der Waals surface area (Å²) in [6, 6.07) is 12.4. The molecule has 0 saturated heterocycles. The molecule has 1 unspecified atom stereocenters. The summed E-state index contributed by atoms with van der Waals surface area (Å²) >= 11 is 1.31. The van der Waals surface area contributed by atoms with Crippen molar-refractivity contribution in [3.63, 3.8) is 0 Å². The van der Waals surface area contributed by atoms with Crippen molar-refractivity contribution in [3.05, 3.63) is 70.0 Å². The van der Waals surface area contributed by atoms with Crippen molar-refractivity contribution >= 4 is 23.4 Å². The molecule has 0 aliphatic carbocycles. The number of rotatable bonds is 6. The molecule has 5 nitrogen and oxygen atoms in total. The number of halogens is 1. The van der Waals surface area contributed by atoms with Gasteiger partial charge in [0.15, 0.2) is 0 Å². The first-order valence-electron chi connectivity index (χ1n) is 7.28. The summed E-state index contributed by atoms with van der Waals surface area (Å²) in [5.74, 6) is -0.477. The van der Waals surface area contributed by atoms with Crippen LogP contribution in [0.1, 0.15) is 12.5 Å². The van der Waals surface area contributed by atoms with Gasteiger partial charge in [-0.1, -0.05) is 18.2 Å². The highest BCUT2D eigenvalue weighted by Crippen LogP contribution is 2.26. The predicted molar refractivity (Wildman–Crippen MR) is 91.3 cm³/mol. The number of amides is 1. The molecule has 2 rings (SSSR count). The molecular weight excluding hydrogens is 331 g/mol. The molecule has 126 valence electrons. The van der Waals surface area contributed by atoms with Crippen molar-refractivity contribution in [2.24, 2.45) is 0 Å². The largest absolute Gasteiger partial charge is 0.340 e. The highest BCUT2D eigenvalue weighted by atomic mass is 32.2. The number of carbonyl (C=O) groups is 1. The van der Waals surface area contributed by atoms with Crippen LogP contribution in [0.5, 0.6) is 0 Å². The lowest BCUT2D eigenvalue weighted by molar-refractivity contribution is -0.384. The second kappa shape index (κ2) is 7.92. The summed E-state index contributed by atoms with van der Waals surface area (Å²) < 4.78 is 13.7. The highest BCUT2D eigenvalue weighted by Gasteiger charge is 2.20. The van der Waals surface area contributed by atoms with E-state index in [1.54, 1.807) is 44.3 Å². The topological polar surface area (TPSA) is 63.5 Å². The van der Waals surface area contributed by atoms with E-state index in [1.165, 1.54) is 34.9 Å². The summed E-state index contributed by atoms with van der Waals surface area (Å²) in [5.41, 5.74) is 0.468. The van der Waals surface area contributed by atoms with Crippen molar-refractivity contribution in [1.82, 2.24) is 4.90 Å². The Morgan fingerprint density at radius 1 is 1.25 bits per heavy atom. The number of nitrogens with zero attached hydrogens (tertiary/aromatic N) is 2. The van der Waals surface area contributed by atoms with Crippen LogP contribution >= 0.6 is 11.8 Å². The van der Waals surface area contributed by atoms with E-state index in [2.05, 4.69) is 0 Å². The van der Waals surface area contributed by atoms with Crippen molar-refractivity contribution in [2.75, 3.05) is 7.05 Å². The molecule has 24 heavy (non-hydrogen) atoms.